The highest BCUT2D eigenvalue weighted by molar-refractivity contribution is 5.94. The summed E-state index contributed by atoms with van der Waals surface area (Å²) in [7, 11) is 0. The van der Waals surface area contributed by atoms with Crippen molar-refractivity contribution in [3.63, 3.8) is 0 Å². The number of amides is 1. The fraction of sp³-hybridized carbons (Fsp3) is 0.688. The van der Waals surface area contributed by atoms with Crippen molar-refractivity contribution in [3.8, 4) is 0 Å². The van der Waals surface area contributed by atoms with E-state index in [1.165, 1.54) is 0 Å². The second-order valence-corrected chi connectivity index (χ2v) is 6.39. The van der Waals surface area contributed by atoms with E-state index in [4.69, 9.17) is 0 Å². The third kappa shape index (κ3) is 3.52. The molecule has 5 nitrogen and oxygen atoms in total. The number of H-pyrrole nitrogens is 1. The fourth-order valence-electron chi connectivity index (χ4n) is 2.76. The van der Waals surface area contributed by atoms with Gasteiger partial charge in [-0.25, -0.2) is 4.98 Å². The topological polar surface area (TPSA) is 66.1 Å². The highest BCUT2D eigenvalue weighted by Gasteiger charge is 2.24. The van der Waals surface area contributed by atoms with Crippen molar-refractivity contribution in [1.29, 1.82) is 0 Å². The first-order valence-corrected chi connectivity index (χ1v) is 7.80. The number of hydrogen-bond donors (Lipinski definition) is 1. The molecule has 1 atom stereocenters. The number of hydrogen-bond acceptors (Lipinski definition) is 3. The lowest BCUT2D eigenvalue weighted by molar-refractivity contribution is 0.0757. The summed E-state index contributed by atoms with van der Waals surface area (Å²) in [6.45, 7) is 9.35. The molecule has 1 aromatic heterocycles. The summed E-state index contributed by atoms with van der Waals surface area (Å²) < 4.78 is 0. The summed E-state index contributed by atoms with van der Waals surface area (Å²) in [5.41, 5.74) is 0.423. The lowest BCUT2D eigenvalue weighted by Gasteiger charge is -2.21. The smallest absolute Gasteiger partial charge is 0.264 e. The van der Waals surface area contributed by atoms with Crippen molar-refractivity contribution in [2.24, 2.45) is 5.92 Å². The molecule has 0 aliphatic carbocycles. The standard InChI is InChI=1S/C16H25N3O2/c1-10(2)14-17-12(4)13(15(20)18-14)16(21)19-8-5-6-11(3)7-9-19/h10-11H,5-9H2,1-4H3,(H,17,18,20)/t11-/m0/s1. The van der Waals surface area contributed by atoms with Gasteiger partial charge in [0.15, 0.2) is 0 Å². The van der Waals surface area contributed by atoms with E-state index in [-0.39, 0.29) is 22.9 Å². The zero-order valence-electron chi connectivity index (χ0n) is 13.4. The molecule has 116 valence electrons. The predicted octanol–water partition coefficient (Wildman–Crippen LogP) is 2.46. The molecule has 1 aliphatic heterocycles. The molecule has 1 N–H and O–H groups in total. The van der Waals surface area contributed by atoms with E-state index in [2.05, 4.69) is 16.9 Å². The van der Waals surface area contributed by atoms with Gasteiger partial charge in [0.2, 0.25) is 0 Å². The molecular formula is C16H25N3O2. The minimum atomic E-state index is -0.312. The first-order chi connectivity index (χ1) is 9.90. The van der Waals surface area contributed by atoms with E-state index in [1.807, 2.05) is 13.8 Å². The lowest BCUT2D eigenvalue weighted by atomic mass is 10.0. The summed E-state index contributed by atoms with van der Waals surface area (Å²) >= 11 is 0. The van der Waals surface area contributed by atoms with E-state index < -0.39 is 0 Å². The summed E-state index contributed by atoms with van der Waals surface area (Å²) in [4.78, 5) is 33.8. The van der Waals surface area contributed by atoms with Crippen molar-refractivity contribution < 1.29 is 4.79 Å². The Morgan fingerprint density at radius 3 is 2.67 bits per heavy atom. The fourth-order valence-corrected chi connectivity index (χ4v) is 2.76. The Labute approximate surface area is 125 Å². The van der Waals surface area contributed by atoms with Gasteiger partial charge < -0.3 is 9.88 Å². The Balaban J connectivity index is 2.29. The van der Waals surface area contributed by atoms with Crippen LogP contribution in [0.4, 0.5) is 0 Å². The Morgan fingerprint density at radius 1 is 1.33 bits per heavy atom. The summed E-state index contributed by atoms with van der Waals surface area (Å²) in [5.74, 6) is 1.24. The molecule has 1 saturated heterocycles. The van der Waals surface area contributed by atoms with Crippen LogP contribution in [0.2, 0.25) is 0 Å². The van der Waals surface area contributed by atoms with Crippen LogP contribution in [0.5, 0.6) is 0 Å². The van der Waals surface area contributed by atoms with Crippen molar-refractivity contribution in [2.45, 2.75) is 52.9 Å². The van der Waals surface area contributed by atoms with Gasteiger partial charge in [0.1, 0.15) is 11.4 Å². The molecule has 21 heavy (non-hydrogen) atoms. The van der Waals surface area contributed by atoms with Crippen molar-refractivity contribution in [1.82, 2.24) is 14.9 Å². The van der Waals surface area contributed by atoms with Crippen molar-refractivity contribution in [2.75, 3.05) is 13.1 Å². The van der Waals surface area contributed by atoms with Crippen molar-refractivity contribution in [3.05, 3.63) is 27.4 Å². The molecule has 1 aliphatic rings. The molecule has 1 fully saturated rings. The number of nitrogens with one attached hydrogen (secondary N) is 1. The van der Waals surface area contributed by atoms with Crippen LogP contribution in [0.1, 0.15) is 67.8 Å². The van der Waals surface area contributed by atoms with Gasteiger partial charge in [0, 0.05) is 19.0 Å². The van der Waals surface area contributed by atoms with Gasteiger partial charge >= 0.3 is 0 Å². The number of nitrogens with zero attached hydrogens (tertiary/aromatic N) is 2. The average Bonchev–Trinajstić information content (AvgIpc) is 2.62. The number of aromatic nitrogens is 2. The molecule has 2 heterocycles. The SMILES string of the molecule is Cc1nc(C(C)C)[nH]c(=O)c1C(=O)N1CCC[C@H](C)CC1. The third-order valence-electron chi connectivity index (χ3n) is 4.18. The maximum absolute atomic E-state index is 12.6. The summed E-state index contributed by atoms with van der Waals surface area (Å²) in [5, 5.41) is 0. The number of carbonyl (C=O) groups is 1. The minimum absolute atomic E-state index is 0.139. The highest BCUT2D eigenvalue weighted by atomic mass is 16.2. The number of likely N-dealkylation sites (tertiary alicyclic amines) is 1. The van der Waals surface area contributed by atoms with Crippen LogP contribution in [0.3, 0.4) is 0 Å². The second kappa shape index (κ2) is 6.41. The van der Waals surface area contributed by atoms with Crippen LogP contribution in [-0.4, -0.2) is 33.9 Å². The van der Waals surface area contributed by atoms with Gasteiger partial charge in [-0.3, -0.25) is 9.59 Å². The maximum atomic E-state index is 12.6. The molecule has 0 radical (unpaired) electrons. The van der Waals surface area contributed by atoms with Crippen molar-refractivity contribution >= 4 is 5.91 Å². The monoisotopic (exact) mass is 291 g/mol. The summed E-state index contributed by atoms with van der Waals surface area (Å²) in [6, 6.07) is 0. The van der Waals surface area contributed by atoms with E-state index in [0.717, 1.165) is 32.4 Å². The van der Waals surface area contributed by atoms with Gasteiger partial charge in [-0.05, 0) is 32.1 Å². The average molecular weight is 291 g/mol. The van der Waals surface area contributed by atoms with Crippen LogP contribution in [0, 0.1) is 12.8 Å². The first kappa shape index (κ1) is 15.7. The Hall–Kier alpha value is -1.65. The molecule has 1 amide bonds. The van der Waals surface area contributed by atoms with Crippen LogP contribution >= 0.6 is 0 Å². The minimum Gasteiger partial charge on any atom is -0.338 e. The lowest BCUT2D eigenvalue weighted by Crippen LogP contribution is -2.37. The second-order valence-electron chi connectivity index (χ2n) is 6.39. The van der Waals surface area contributed by atoms with Crippen LogP contribution in [0.15, 0.2) is 4.79 Å². The molecule has 1 aromatic rings. The predicted molar refractivity (Wildman–Crippen MR) is 82.6 cm³/mol. The molecule has 2 rings (SSSR count). The van der Waals surface area contributed by atoms with E-state index in [0.29, 0.717) is 17.4 Å². The number of carbonyl (C=O) groups excluding carboxylic acids is 1. The maximum Gasteiger partial charge on any atom is 0.264 e. The molecule has 0 unspecified atom stereocenters. The Bertz CT molecular complexity index is 577. The summed E-state index contributed by atoms with van der Waals surface area (Å²) in [6.07, 6.45) is 3.14. The van der Waals surface area contributed by atoms with Crippen LogP contribution in [0.25, 0.3) is 0 Å². The normalized spacial score (nSPS) is 19.7. The zero-order chi connectivity index (χ0) is 15.6. The van der Waals surface area contributed by atoms with Gasteiger partial charge in [-0.2, -0.15) is 0 Å². The first-order valence-electron chi connectivity index (χ1n) is 7.80. The van der Waals surface area contributed by atoms with Gasteiger partial charge in [-0.15, -0.1) is 0 Å². The Kier molecular flexibility index (Phi) is 4.80. The van der Waals surface area contributed by atoms with Crippen LogP contribution < -0.4 is 5.56 Å². The molecule has 0 bridgehead atoms. The molecular weight excluding hydrogens is 266 g/mol. The quantitative estimate of drug-likeness (QED) is 0.910. The molecule has 0 spiro atoms. The Morgan fingerprint density at radius 2 is 2.05 bits per heavy atom. The molecule has 0 aromatic carbocycles. The van der Waals surface area contributed by atoms with Gasteiger partial charge in [-0.1, -0.05) is 20.8 Å². The third-order valence-corrected chi connectivity index (χ3v) is 4.18. The van der Waals surface area contributed by atoms with E-state index in [9.17, 15) is 9.59 Å². The molecule has 0 saturated carbocycles. The number of rotatable bonds is 2. The van der Waals surface area contributed by atoms with Crippen LogP contribution in [-0.2, 0) is 0 Å². The van der Waals surface area contributed by atoms with Gasteiger partial charge in [0.25, 0.3) is 11.5 Å². The van der Waals surface area contributed by atoms with Gasteiger partial charge in [0.05, 0.1) is 5.69 Å². The molecule has 5 heteroatoms. The number of aryl methyl sites for hydroxylation is 1. The van der Waals surface area contributed by atoms with E-state index >= 15 is 0 Å². The van der Waals surface area contributed by atoms with E-state index in [1.54, 1.807) is 11.8 Å². The number of aromatic amines is 1. The highest BCUT2D eigenvalue weighted by Crippen LogP contribution is 2.18. The largest absolute Gasteiger partial charge is 0.338 e. The zero-order valence-corrected chi connectivity index (χ0v) is 13.4.